The van der Waals surface area contributed by atoms with Crippen LogP contribution in [0.15, 0.2) is 18.2 Å². The van der Waals surface area contributed by atoms with E-state index in [-0.39, 0.29) is 0 Å². The van der Waals surface area contributed by atoms with Crippen LogP contribution >= 0.6 is 0 Å². The molecule has 1 aliphatic rings. The van der Waals surface area contributed by atoms with Gasteiger partial charge in [0.15, 0.2) is 0 Å². The Balaban J connectivity index is 2.32. The van der Waals surface area contributed by atoms with E-state index >= 15 is 0 Å². The van der Waals surface area contributed by atoms with Crippen LogP contribution in [0.3, 0.4) is 0 Å². The molecule has 88 valence electrons. The van der Waals surface area contributed by atoms with Gasteiger partial charge < -0.3 is 5.32 Å². The average Bonchev–Trinajstić information content (AvgIpc) is 2.63. The van der Waals surface area contributed by atoms with Gasteiger partial charge >= 0.3 is 0 Å². The second-order valence-electron chi connectivity index (χ2n) is 5.28. The number of hydrogen-bond acceptors (Lipinski definition) is 1. The van der Waals surface area contributed by atoms with Gasteiger partial charge in [-0.3, -0.25) is 0 Å². The molecule has 1 heterocycles. The summed E-state index contributed by atoms with van der Waals surface area (Å²) in [5, 5.41) is 3.70. The minimum absolute atomic E-state index is 0.662. The molecule has 0 spiro atoms. The largest absolute Gasteiger partial charge is 0.311 e. The maximum Gasteiger partial charge on any atom is 0.0136 e. The third kappa shape index (κ3) is 2.15. The summed E-state index contributed by atoms with van der Waals surface area (Å²) in [6.45, 7) is 9.02. The zero-order valence-electron chi connectivity index (χ0n) is 10.9. The van der Waals surface area contributed by atoms with Crippen molar-refractivity contribution in [3.8, 4) is 0 Å². The molecule has 0 radical (unpaired) electrons. The Hall–Kier alpha value is -0.820. The lowest BCUT2D eigenvalue weighted by molar-refractivity contribution is 0.516. The van der Waals surface area contributed by atoms with Crippen LogP contribution in [0, 0.1) is 13.8 Å². The molecule has 1 N–H and O–H groups in total. The van der Waals surface area contributed by atoms with Crippen LogP contribution in [0.1, 0.15) is 49.3 Å². The minimum Gasteiger partial charge on any atom is -0.311 e. The van der Waals surface area contributed by atoms with Crippen LogP contribution in [-0.4, -0.2) is 12.1 Å². The zero-order valence-corrected chi connectivity index (χ0v) is 10.9. The molecule has 0 aromatic heterocycles. The standard InChI is InChI=1S/C15H23N/c1-5-15-14(9-12(4)16-15)13-8-10(2)6-7-11(13)3/h6-8,12,14-16H,5,9H2,1-4H3. The molecule has 0 aliphatic carbocycles. The van der Waals surface area contributed by atoms with Gasteiger partial charge in [0.25, 0.3) is 0 Å². The van der Waals surface area contributed by atoms with E-state index in [0.717, 1.165) is 0 Å². The van der Waals surface area contributed by atoms with E-state index in [9.17, 15) is 0 Å². The average molecular weight is 217 g/mol. The van der Waals surface area contributed by atoms with Crippen molar-refractivity contribution in [1.29, 1.82) is 0 Å². The first kappa shape index (κ1) is 11.7. The molecule has 3 atom stereocenters. The lowest BCUT2D eigenvalue weighted by Gasteiger charge is -2.20. The summed E-state index contributed by atoms with van der Waals surface area (Å²) >= 11 is 0. The van der Waals surface area contributed by atoms with Crippen molar-refractivity contribution in [2.75, 3.05) is 0 Å². The molecule has 1 fully saturated rings. The van der Waals surface area contributed by atoms with Crippen molar-refractivity contribution < 1.29 is 0 Å². The van der Waals surface area contributed by atoms with E-state index < -0.39 is 0 Å². The first-order valence-corrected chi connectivity index (χ1v) is 6.45. The maximum atomic E-state index is 3.70. The topological polar surface area (TPSA) is 12.0 Å². The molecule has 3 unspecified atom stereocenters. The van der Waals surface area contributed by atoms with Gasteiger partial charge in [0.05, 0.1) is 0 Å². The fourth-order valence-electron chi connectivity index (χ4n) is 3.00. The fourth-order valence-corrected chi connectivity index (χ4v) is 3.00. The molecule has 0 amide bonds. The van der Waals surface area contributed by atoms with Crippen molar-refractivity contribution in [3.63, 3.8) is 0 Å². The SMILES string of the molecule is CCC1NC(C)CC1c1cc(C)ccc1C. The third-order valence-electron chi connectivity index (χ3n) is 3.87. The molecule has 1 heteroatoms. The predicted octanol–water partition coefficient (Wildman–Crippen LogP) is 3.55. The van der Waals surface area contributed by atoms with E-state index in [1.165, 1.54) is 24.0 Å². The van der Waals surface area contributed by atoms with Crippen LogP contribution < -0.4 is 5.32 Å². The number of hydrogen-bond donors (Lipinski definition) is 1. The van der Waals surface area contributed by atoms with Crippen molar-refractivity contribution in [3.05, 3.63) is 34.9 Å². The lowest BCUT2D eigenvalue weighted by Crippen LogP contribution is -2.28. The van der Waals surface area contributed by atoms with Gasteiger partial charge in [0.1, 0.15) is 0 Å². The second kappa shape index (κ2) is 4.58. The Labute approximate surface area is 99.3 Å². The first-order chi connectivity index (χ1) is 7.61. The Kier molecular flexibility index (Phi) is 3.34. The Morgan fingerprint density at radius 2 is 2.06 bits per heavy atom. The second-order valence-corrected chi connectivity index (χ2v) is 5.28. The molecular weight excluding hydrogens is 194 g/mol. The smallest absolute Gasteiger partial charge is 0.0136 e. The first-order valence-electron chi connectivity index (χ1n) is 6.45. The van der Waals surface area contributed by atoms with Gasteiger partial charge in [-0.05, 0) is 44.7 Å². The normalized spacial score (nSPS) is 29.6. The summed E-state index contributed by atoms with van der Waals surface area (Å²) in [6.07, 6.45) is 2.51. The van der Waals surface area contributed by atoms with Crippen LogP contribution in [0.25, 0.3) is 0 Å². The Bertz CT molecular complexity index is 370. The molecule has 1 aromatic carbocycles. The van der Waals surface area contributed by atoms with Crippen molar-refractivity contribution in [2.45, 2.75) is 58.5 Å². The van der Waals surface area contributed by atoms with Crippen LogP contribution in [0.4, 0.5) is 0 Å². The zero-order chi connectivity index (χ0) is 11.7. The molecule has 1 nitrogen and oxygen atoms in total. The van der Waals surface area contributed by atoms with Crippen LogP contribution in [-0.2, 0) is 0 Å². The highest BCUT2D eigenvalue weighted by Crippen LogP contribution is 2.34. The van der Waals surface area contributed by atoms with Gasteiger partial charge in [-0.25, -0.2) is 0 Å². The van der Waals surface area contributed by atoms with Crippen molar-refractivity contribution in [2.24, 2.45) is 0 Å². The van der Waals surface area contributed by atoms with E-state index in [2.05, 4.69) is 51.2 Å². The molecule has 2 rings (SSSR count). The lowest BCUT2D eigenvalue weighted by atomic mass is 9.86. The summed E-state index contributed by atoms with van der Waals surface area (Å²) in [7, 11) is 0. The van der Waals surface area contributed by atoms with Gasteiger partial charge in [0.2, 0.25) is 0 Å². The van der Waals surface area contributed by atoms with Crippen molar-refractivity contribution >= 4 is 0 Å². The van der Waals surface area contributed by atoms with E-state index in [1.54, 1.807) is 5.56 Å². The Morgan fingerprint density at radius 1 is 1.31 bits per heavy atom. The Morgan fingerprint density at radius 3 is 2.75 bits per heavy atom. The molecular formula is C15H23N. The number of rotatable bonds is 2. The highest BCUT2D eigenvalue weighted by molar-refractivity contribution is 5.35. The van der Waals surface area contributed by atoms with Gasteiger partial charge in [-0.15, -0.1) is 0 Å². The molecule has 1 aliphatic heterocycles. The van der Waals surface area contributed by atoms with Gasteiger partial charge in [-0.2, -0.15) is 0 Å². The molecule has 0 saturated carbocycles. The molecule has 1 saturated heterocycles. The maximum absolute atomic E-state index is 3.70. The third-order valence-corrected chi connectivity index (χ3v) is 3.87. The minimum atomic E-state index is 0.662. The number of nitrogens with one attached hydrogen (secondary N) is 1. The summed E-state index contributed by atoms with van der Waals surface area (Å²) in [4.78, 5) is 0. The van der Waals surface area contributed by atoms with E-state index in [0.29, 0.717) is 18.0 Å². The van der Waals surface area contributed by atoms with Gasteiger partial charge in [-0.1, -0.05) is 30.7 Å². The predicted molar refractivity (Wildman–Crippen MR) is 70.0 cm³/mol. The van der Waals surface area contributed by atoms with Gasteiger partial charge in [0, 0.05) is 18.0 Å². The monoisotopic (exact) mass is 217 g/mol. The molecule has 0 bridgehead atoms. The van der Waals surface area contributed by atoms with Crippen molar-refractivity contribution in [1.82, 2.24) is 5.32 Å². The summed E-state index contributed by atoms with van der Waals surface area (Å²) < 4.78 is 0. The number of benzene rings is 1. The molecule has 1 aromatic rings. The van der Waals surface area contributed by atoms with E-state index in [1.807, 2.05) is 0 Å². The van der Waals surface area contributed by atoms with E-state index in [4.69, 9.17) is 0 Å². The highest BCUT2D eigenvalue weighted by atomic mass is 15.0. The van der Waals surface area contributed by atoms with Crippen LogP contribution in [0.2, 0.25) is 0 Å². The summed E-state index contributed by atoms with van der Waals surface area (Å²) in [6, 6.07) is 8.18. The summed E-state index contributed by atoms with van der Waals surface area (Å²) in [5.74, 6) is 0.708. The summed E-state index contributed by atoms with van der Waals surface area (Å²) in [5.41, 5.74) is 4.39. The quantitative estimate of drug-likeness (QED) is 0.799. The number of aryl methyl sites for hydroxylation is 2. The fraction of sp³-hybridized carbons (Fsp3) is 0.600. The highest BCUT2D eigenvalue weighted by Gasteiger charge is 2.31. The van der Waals surface area contributed by atoms with Crippen LogP contribution in [0.5, 0.6) is 0 Å². The molecule has 16 heavy (non-hydrogen) atoms.